The lowest BCUT2D eigenvalue weighted by atomic mass is 10.0. The van der Waals surface area contributed by atoms with E-state index in [2.05, 4.69) is 10.2 Å². The summed E-state index contributed by atoms with van der Waals surface area (Å²) in [5.41, 5.74) is 1.93. The first kappa shape index (κ1) is 17.4. The quantitative estimate of drug-likeness (QED) is 0.833. The average molecular weight is 347 g/mol. The maximum atomic E-state index is 13.1. The van der Waals surface area contributed by atoms with E-state index < -0.39 is 0 Å². The highest BCUT2D eigenvalue weighted by atomic mass is 19.1. The molecule has 0 aliphatic carbocycles. The summed E-state index contributed by atoms with van der Waals surface area (Å²) in [4.78, 5) is 13.7. The highest BCUT2D eigenvalue weighted by Gasteiger charge is 2.28. The molecule has 0 radical (unpaired) electrons. The summed E-state index contributed by atoms with van der Waals surface area (Å²) in [5, 5.41) is 7.39. The van der Waals surface area contributed by atoms with Gasteiger partial charge in [0.05, 0.1) is 12.3 Å². The number of aromatic nitrogens is 2. The molecule has 6 nitrogen and oxygen atoms in total. The topological polar surface area (TPSA) is 67.4 Å². The first-order chi connectivity index (χ1) is 12.2. The number of rotatable bonds is 7. The Morgan fingerprint density at radius 1 is 1.44 bits per heavy atom. The van der Waals surface area contributed by atoms with E-state index in [9.17, 15) is 9.18 Å². The Kier molecular flexibility index (Phi) is 5.65. The van der Waals surface area contributed by atoms with Crippen LogP contribution in [0.1, 0.15) is 23.7 Å². The minimum Gasteiger partial charge on any atom is -0.493 e. The summed E-state index contributed by atoms with van der Waals surface area (Å²) >= 11 is 0. The van der Waals surface area contributed by atoms with Gasteiger partial charge in [-0.25, -0.2) is 4.39 Å². The number of carbonyl (C=O) groups is 1. The van der Waals surface area contributed by atoms with Gasteiger partial charge in [0.25, 0.3) is 0 Å². The Morgan fingerprint density at radius 3 is 3.12 bits per heavy atom. The van der Waals surface area contributed by atoms with E-state index in [4.69, 9.17) is 9.47 Å². The van der Waals surface area contributed by atoms with Gasteiger partial charge in [-0.3, -0.25) is 9.89 Å². The molecule has 1 aromatic heterocycles. The Hall–Kier alpha value is -2.41. The molecule has 1 N–H and O–H groups in total. The van der Waals surface area contributed by atoms with E-state index >= 15 is 0 Å². The van der Waals surface area contributed by atoms with Crippen LogP contribution in [0.25, 0.3) is 0 Å². The first-order valence-corrected chi connectivity index (χ1v) is 8.35. The van der Waals surface area contributed by atoms with Gasteiger partial charge in [0, 0.05) is 44.3 Å². The second-order valence-corrected chi connectivity index (χ2v) is 6.13. The molecule has 134 valence electrons. The van der Waals surface area contributed by atoms with Crippen LogP contribution in [-0.2, 0) is 16.0 Å². The molecule has 2 aromatic rings. The van der Waals surface area contributed by atoms with Crippen molar-refractivity contribution in [2.24, 2.45) is 0 Å². The lowest BCUT2D eigenvalue weighted by molar-refractivity contribution is -0.134. The van der Waals surface area contributed by atoms with Gasteiger partial charge in [-0.2, -0.15) is 5.10 Å². The molecule has 1 saturated heterocycles. The summed E-state index contributed by atoms with van der Waals surface area (Å²) in [6.45, 7) is 1.97. The number of amides is 1. The zero-order valence-electron chi connectivity index (χ0n) is 14.2. The van der Waals surface area contributed by atoms with E-state index in [1.807, 2.05) is 11.0 Å². The molecule has 0 saturated carbocycles. The van der Waals surface area contributed by atoms with Gasteiger partial charge in [0.1, 0.15) is 18.2 Å². The summed E-state index contributed by atoms with van der Waals surface area (Å²) in [7, 11) is 1.53. The van der Waals surface area contributed by atoms with Gasteiger partial charge in [-0.15, -0.1) is 0 Å². The third kappa shape index (κ3) is 4.57. The lowest BCUT2D eigenvalue weighted by Crippen LogP contribution is -2.31. The highest BCUT2D eigenvalue weighted by molar-refractivity contribution is 5.77. The fourth-order valence-electron chi connectivity index (χ4n) is 3.00. The molecule has 0 bridgehead atoms. The first-order valence-electron chi connectivity index (χ1n) is 8.35. The third-order valence-electron chi connectivity index (χ3n) is 4.31. The summed E-state index contributed by atoms with van der Waals surface area (Å²) in [6.07, 6.45) is 1.56. The second kappa shape index (κ2) is 8.11. The van der Waals surface area contributed by atoms with Crippen molar-refractivity contribution >= 4 is 5.91 Å². The molecular formula is C18H22FN3O3. The van der Waals surface area contributed by atoms with Crippen LogP contribution in [0.3, 0.4) is 0 Å². The number of methoxy groups -OCH3 is 1. The molecule has 1 atom stereocenters. The highest BCUT2D eigenvalue weighted by Crippen LogP contribution is 2.26. The van der Waals surface area contributed by atoms with E-state index in [0.29, 0.717) is 25.3 Å². The van der Waals surface area contributed by atoms with Gasteiger partial charge in [-0.05, 0) is 24.6 Å². The van der Waals surface area contributed by atoms with Gasteiger partial charge in [0.15, 0.2) is 0 Å². The van der Waals surface area contributed by atoms with Crippen LogP contribution in [-0.4, -0.2) is 54.4 Å². The van der Waals surface area contributed by atoms with Crippen LogP contribution >= 0.6 is 0 Å². The van der Waals surface area contributed by atoms with Crippen molar-refractivity contribution in [2.45, 2.75) is 18.8 Å². The van der Waals surface area contributed by atoms with Crippen molar-refractivity contribution in [3.8, 4) is 5.75 Å². The Balaban J connectivity index is 1.48. The Labute approximate surface area is 145 Å². The zero-order valence-corrected chi connectivity index (χ0v) is 14.2. The molecule has 1 aliphatic rings. The van der Waals surface area contributed by atoms with Crippen molar-refractivity contribution in [2.75, 3.05) is 33.4 Å². The maximum Gasteiger partial charge on any atom is 0.248 e. The van der Waals surface area contributed by atoms with Crippen LogP contribution in [0.5, 0.6) is 5.75 Å². The Morgan fingerprint density at radius 2 is 2.32 bits per heavy atom. The van der Waals surface area contributed by atoms with E-state index in [0.717, 1.165) is 24.4 Å². The number of benzene rings is 1. The van der Waals surface area contributed by atoms with Crippen LogP contribution in [0.2, 0.25) is 0 Å². The number of likely N-dealkylation sites (tertiary alicyclic amines) is 1. The number of carbonyl (C=O) groups excluding carboxylic acids is 1. The molecule has 0 spiro atoms. The van der Waals surface area contributed by atoms with Crippen LogP contribution < -0.4 is 4.74 Å². The molecule has 1 aliphatic heterocycles. The number of halogens is 1. The largest absolute Gasteiger partial charge is 0.493 e. The molecule has 3 rings (SSSR count). The molecule has 7 heteroatoms. The Bertz CT molecular complexity index is 719. The van der Waals surface area contributed by atoms with Crippen molar-refractivity contribution < 1.29 is 18.7 Å². The third-order valence-corrected chi connectivity index (χ3v) is 4.31. The molecule has 0 unspecified atom stereocenters. The monoisotopic (exact) mass is 347 g/mol. The maximum absolute atomic E-state index is 13.1. The summed E-state index contributed by atoms with van der Waals surface area (Å²) < 4.78 is 23.5. The minimum atomic E-state index is -0.310. The van der Waals surface area contributed by atoms with Gasteiger partial charge in [-0.1, -0.05) is 6.07 Å². The number of hydrogen-bond acceptors (Lipinski definition) is 4. The van der Waals surface area contributed by atoms with Gasteiger partial charge >= 0.3 is 0 Å². The zero-order chi connectivity index (χ0) is 17.6. The number of nitrogens with one attached hydrogen (secondary N) is 1. The van der Waals surface area contributed by atoms with Gasteiger partial charge < -0.3 is 14.4 Å². The van der Waals surface area contributed by atoms with E-state index in [-0.39, 0.29) is 24.2 Å². The van der Waals surface area contributed by atoms with Crippen molar-refractivity contribution in [1.82, 2.24) is 15.1 Å². The lowest BCUT2D eigenvalue weighted by Gasteiger charge is -2.15. The fourth-order valence-corrected chi connectivity index (χ4v) is 3.00. The molecule has 2 heterocycles. The summed E-state index contributed by atoms with van der Waals surface area (Å²) in [5.74, 6) is 0.470. The number of hydrogen-bond donors (Lipinski definition) is 1. The SMILES string of the molecule is COCC(=O)N1CC[C@@H](c2cc(CCOc3cccc(F)c3)[nH]n2)C1. The second-order valence-electron chi connectivity index (χ2n) is 6.13. The molecular weight excluding hydrogens is 325 g/mol. The van der Waals surface area contributed by atoms with Crippen LogP contribution in [0.4, 0.5) is 4.39 Å². The average Bonchev–Trinajstić information content (AvgIpc) is 3.24. The molecule has 1 aromatic carbocycles. The number of ether oxygens (including phenoxy) is 2. The fraction of sp³-hybridized carbons (Fsp3) is 0.444. The standard InChI is InChI=1S/C18H22FN3O3/c1-24-12-18(23)22-7-5-13(11-22)17-10-15(20-21-17)6-8-25-16-4-2-3-14(19)9-16/h2-4,9-10,13H,5-8,11-12H2,1H3,(H,20,21)/t13-/m1/s1. The van der Waals surface area contributed by atoms with Crippen LogP contribution in [0, 0.1) is 5.82 Å². The smallest absolute Gasteiger partial charge is 0.248 e. The van der Waals surface area contributed by atoms with E-state index in [1.165, 1.54) is 19.2 Å². The predicted octanol–water partition coefficient (Wildman–Crippen LogP) is 2.13. The van der Waals surface area contributed by atoms with Crippen molar-refractivity contribution in [1.29, 1.82) is 0 Å². The van der Waals surface area contributed by atoms with Crippen molar-refractivity contribution in [3.05, 3.63) is 47.5 Å². The molecule has 25 heavy (non-hydrogen) atoms. The molecule has 1 fully saturated rings. The number of aromatic amines is 1. The van der Waals surface area contributed by atoms with E-state index in [1.54, 1.807) is 12.1 Å². The number of H-pyrrole nitrogens is 1. The number of nitrogens with zero attached hydrogens (tertiary/aromatic N) is 2. The van der Waals surface area contributed by atoms with Crippen molar-refractivity contribution in [3.63, 3.8) is 0 Å². The minimum absolute atomic E-state index is 0.0178. The van der Waals surface area contributed by atoms with Crippen LogP contribution in [0.15, 0.2) is 30.3 Å². The normalized spacial score (nSPS) is 17.0. The molecule has 1 amide bonds. The summed E-state index contributed by atoms with van der Waals surface area (Å²) in [6, 6.07) is 8.12. The predicted molar refractivity (Wildman–Crippen MR) is 90.0 cm³/mol. The van der Waals surface area contributed by atoms with Gasteiger partial charge in [0.2, 0.25) is 5.91 Å².